The van der Waals surface area contributed by atoms with Crippen LogP contribution < -0.4 is 5.69 Å². The molecule has 2 aromatic rings. The third-order valence-electron chi connectivity index (χ3n) is 5.26. The van der Waals surface area contributed by atoms with Gasteiger partial charge in [0.15, 0.2) is 0 Å². The smallest absolute Gasteiger partial charge is 0.339 e. The quantitative estimate of drug-likeness (QED) is 0.739. The summed E-state index contributed by atoms with van der Waals surface area (Å²) >= 11 is 0. The number of likely N-dealkylation sites (tertiary alicyclic amines) is 1. The zero-order valence-corrected chi connectivity index (χ0v) is 16.8. The van der Waals surface area contributed by atoms with E-state index in [1.165, 1.54) is 4.68 Å². The molecule has 0 aliphatic carbocycles. The molecule has 1 amide bonds. The van der Waals surface area contributed by atoms with Gasteiger partial charge in [0.25, 0.3) is 0 Å². The number of aryl methyl sites for hydroxylation is 3. The van der Waals surface area contributed by atoms with Crippen LogP contribution in [0.3, 0.4) is 0 Å². The molecule has 148 valence electrons. The van der Waals surface area contributed by atoms with Gasteiger partial charge in [-0.2, -0.15) is 10.2 Å². The van der Waals surface area contributed by atoms with Gasteiger partial charge in [0, 0.05) is 31.7 Å². The van der Waals surface area contributed by atoms with Crippen molar-refractivity contribution in [3.8, 4) is 0 Å². The maximum absolute atomic E-state index is 12.7. The molecule has 0 radical (unpaired) electrons. The number of rotatable bonds is 7. The van der Waals surface area contributed by atoms with E-state index in [0.717, 1.165) is 42.9 Å². The van der Waals surface area contributed by atoms with Gasteiger partial charge >= 0.3 is 5.69 Å². The first kappa shape index (κ1) is 19.4. The number of unbranched alkanes of at least 4 members (excludes halogenated alkanes) is 1. The third-order valence-corrected chi connectivity index (χ3v) is 5.26. The first-order chi connectivity index (χ1) is 12.9. The van der Waals surface area contributed by atoms with E-state index in [9.17, 15) is 9.59 Å². The highest BCUT2D eigenvalue weighted by molar-refractivity contribution is 5.76. The van der Waals surface area contributed by atoms with Crippen LogP contribution >= 0.6 is 0 Å². The van der Waals surface area contributed by atoms with Crippen molar-refractivity contribution in [1.29, 1.82) is 0 Å². The van der Waals surface area contributed by atoms with Gasteiger partial charge in [-0.05, 0) is 39.7 Å². The highest BCUT2D eigenvalue weighted by Crippen LogP contribution is 2.23. The molecule has 0 spiro atoms. The van der Waals surface area contributed by atoms with Gasteiger partial charge in [-0.25, -0.2) is 9.48 Å². The van der Waals surface area contributed by atoms with Crippen LogP contribution in [0.1, 0.15) is 56.4 Å². The third kappa shape index (κ3) is 3.99. The van der Waals surface area contributed by atoms with Crippen molar-refractivity contribution in [2.24, 2.45) is 0 Å². The summed E-state index contributed by atoms with van der Waals surface area (Å²) in [5.74, 6) is 0.725. The van der Waals surface area contributed by atoms with Gasteiger partial charge in [-0.15, -0.1) is 0 Å². The molecule has 3 heterocycles. The van der Waals surface area contributed by atoms with Crippen molar-refractivity contribution in [2.75, 3.05) is 13.1 Å². The monoisotopic (exact) mass is 374 g/mol. The SMILES string of the molecule is CCCCc1nn(CC(=O)N2CC[C@H](n3nc(C)cc3C)C2)c(=O)n1CC. The van der Waals surface area contributed by atoms with Gasteiger partial charge in [0.2, 0.25) is 5.91 Å². The Morgan fingerprint density at radius 1 is 1.26 bits per heavy atom. The number of carbonyl (C=O) groups excluding carboxylic acids is 1. The van der Waals surface area contributed by atoms with Crippen LogP contribution in [0.15, 0.2) is 10.9 Å². The summed E-state index contributed by atoms with van der Waals surface area (Å²) in [4.78, 5) is 27.1. The number of carbonyl (C=O) groups is 1. The molecule has 1 aliphatic rings. The Morgan fingerprint density at radius 3 is 2.67 bits per heavy atom. The van der Waals surface area contributed by atoms with Crippen LogP contribution in [-0.4, -0.2) is 48.0 Å². The Balaban J connectivity index is 1.68. The molecule has 8 nitrogen and oxygen atoms in total. The molecule has 2 aromatic heterocycles. The standard InChI is InChI=1S/C19H30N6O2/c1-5-7-8-17-21-24(19(27)23(17)6-2)13-18(26)22-10-9-16(12-22)25-15(4)11-14(3)20-25/h11,16H,5-10,12-13H2,1-4H3/t16-/m0/s1. The highest BCUT2D eigenvalue weighted by atomic mass is 16.2. The molecular weight excluding hydrogens is 344 g/mol. The van der Waals surface area contributed by atoms with Crippen molar-refractivity contribution in [1.82, 2.24) is 29.0 Å². The zero-order valence-electron chi connectivity index (χ0n) is 16.8. The molecule has 1 atom stereocenters. The van der Waals surface area contributed by atoms with Gasteiger partial charge < -0.3 is 4.90 Å². The predicted octanol–water partition coefficient (Wildman–Crippen LogP) is 1.69. The second-order valence-electron chi connectivity index (χ2n) is 7.36. The fraction of sp³-hybridized carbons (Fsp3) is 0.684. The summed E-state index contributed by atoms with van der Waals surface area (Å²) in [7, 11) is 0. The van der Waals surface area contributed by atoms with Crippen molar-refractivity contribution in [3.05, 3.63) is 33.8 Å². The molecule has 0 aromatic carbocycles. The van der Waals surface area contributed by atoms with Gasteiger partial charge in [0.1, 0.15) is 12.4 Å². The van der Waals surface area contributed by atoms with E-state index >= 15 is 0 Å². The predicted molar refractivity (Wildman–Crippen MR) is 103 cm³/mol. The largest absolute Gasteiger partial charge is 0.346 e. The van der Waals surface area contributed by atoms with Crippen LogP contribution in [0.4, 0.5) is 0 Å². The van der Waals surface area contributed by atoms with E-state index in [4.69, 9.17) is 0 Å². The summed E-state index contributed by atoms with van der Waals surface area (Å²) < 4.78 is 5.02. The second-order valence-corrected chi connectivity index (χ2v) is 7.36. The topological polar surface area (TPSA) is 78.0 Å². The summed E-state index contributed by atoms with van der Waals surface area (Å²) in [6.07, 6.45) is 3.68. The molecule has 1 fully saturated rings. The molecule has 27 heavy (non-hydrogen) atoms. The van der Waals surface area contributed by atoms with Crippen LogP contribution in [0, 0.1) is 13.8 Å². The number of hydrogen-bond acceptors (Lipinski definition) is 4. The Morgan fingerprint density at radius 2 is 2.04 bits per heavy atom. The molecule has 0 unspecified atom stereocenters. The highest BCUT2D eigenvalue weighted by Gasteiger charge is 2.29. The van der Waals surface area contributed by atoms with E-state index < -0.39 is 0 Å². The van der Waals surface area contributed by atoms with Crippen LogP contribution in [0.2, 0.25) is 0 Å². The van der Waals surface area contributed by atoms with Gasteiger partial charge in [-0.3, -0.25) is 14.0 Å². The molecule has 0 saturated carbocycles. The van der Waals surface area contributed by atoms with Gasteiger partial charge in [-0.1, -0.05) is 13.3 Å². The lowest BCUT2D eigenvalue weighted by Crippen LogP contribution is -2.36. The van der Waals surface area contributed by atoms with Crippen LogP contribution in [0.25, 0.3) is 0 Å². The lowest BCUT2D eigenvalue weighted by atomic mass is 10.2. The van der Waals surface area contributed by atoms with Crippen molar-refractivity contribution in [3.63, 3.8) is 0 Å². The Kier molecular flexibility index (Phi) is 5.82. The van der Waals surface area contributed by atoms with Crippen LogP contribution in [-0.2, 0) is 24.3 Å². The molecular formula is C19H30N6O2. The molecule has 8 heteroatoms. The summed E-state index contributed by atoms with van der Waals surface area (Å²) in [6, 6.07) is 2.26. The fourth-order valence-corrected chi connectivity index (χ4v) is 3.84. The molecule has 1 aliphatic heterocycles. The van der Waals surface area contributed by atoms with E-state index in [1.807, 2.05) is 30.4 Å². The van der Waals surface area contributed by atoms with E-state index in [1.54, 1.807) is 4.57 Å². The number of amides is 1. The Hall–Kier alpha value is -2.38. The average Bonchev–Trinajstić information content (AvgIpc) is 3.31. The molecule has 1 saturated heterocycles. The summed E-state index contributed by atoms with van der Waals surface area (Å²) in [5.41, 5.74) is 1.92. The maximum Gasteiger partial charge on any atom is 0.346 e. The van der Waals surface area contributed by atoms with E-state index in [0.29, 0.717) is 19.6 Å². The lowest BCUT2D eigenvalue weighted by Gasteiger charge is -2.17. The zero-order chi connectivity index (χ0) is 19.6. The number of aromatic nitrogens is 5. The maximum atomic E-state index is 12.7. The van der Waals surface area contributed by atoms with Crippen molar-refractivity contribution >= 4 is 5.91 Å². The number of nitrogens with zero attached hydrogens (tertiary/aromatic N) is 6. The fourth-order valence-electron chi connectivity index (χ4n) is 3.84. The summed E-state index contributed by atoms with van der Waals surface area (Å²) in [6.45, 7) is 9.98. The molecule has 0 N–H and O–H groups in total. The molecule has 0 bridgehead atoms. The minimum absolute atomic E-state index is 0.00873. The normalized spacial score (nSPS) is 17.0. The van der Waals surface area contributed by atoms with Crippen molar-refractivity contribution in [2.45, 2.75) is 72.5 Å². The Labute approximate surface area is 159 Å². The minimum atomic E-state index is -0.189. The first-order valence-electron chi connectivity index (χ1n) is 9.91. The lowest BCUT2D eigenvalue weighted by molar-refractivity contribution is -0.131. The van der Waals surface area contributed by atoms with Crippen molar-refractivity contribution < 1.29 is 4.79 Å². The van der Waals surface area contributed by atoms with E-state index in [-0.39, 0.29) is 24.2 Å². The summed E-state index contributed by atoms with van der Waals surface area (Å²) in [5, 5.41) is 8.97. The van der Waals surface area contributed by atoms with E-state index in [2.05, 4.69) is 23.2 Å². The molecule has 3 rings (SSSR count). The van der Waals surface area contributed by atoms with Gasteiger partial charge in [0.05, 0.1) is 11.7 Å². The minimum Gasteiger partial charge on any atom is -0.339 e. The average molecular weight is 374 g/mol. The number of hydrogen-bond donors (Lipinski definition) is 0. The second kappa shape index (κ2) is 8.10. The Bertz CT molecular complexity index is 862. The van der Waals surface area contributed by atoms with Crippen LogP contribution in [0.5, 0.6) is 0 Å². The first-order valence-corrected chi connectivity index (χ1v) is 9.91.